The molecule has 5 heteroatoms. The van der Waals surface area contributed by atoms with E-state index in [2.05, 4.69) is 0 Å². The molecule has 0 spiro atoms. The highest BCUT2D eigenvalue weighted by atomic mass is 16.3. The van der Waals surface area contributed by atoms with Crippen LogP contribution in [0.4, 0.5) is 10.5 Å². The average molecular weight is 236 g/mol. The lowest BCUT2D eigenvalue weighted by Crippen LogP contribution is -2.32. The van der Waals surface area contributed by atoms with E-state index in [4.69, 9.17) is 5.11 Å². The third-order valence-corrected chi connectivity index (χ3v) is 2.84. The molecule has 1 saturated heterocycles. The van der Waals surface area contributed by atoms with Crippen LogP contribution in [0.2, 0.25) is 0 Å². The van der Waals surface area contributed by atoms with Crippen molar-refractivity contribution < 1.29 is 15.0 Å². The van der Waals surface area contributed by atoms with Gasteiger partial charge in [0, 0.05) is 31.9 Å². The number of phenols is 1. The van der Waals surface area contributed by atoms with Crippen LogP contribution in [-0.4, -0.2) is 47.4 Å². The standard InChI is InChI=1S/C12H16N2O3/c15-9-1-6-13-7-8-14(12(13)17)10-2-4-11(16)5-3-10/h2-5,15-16H,1,6-9H2. The largest absolute Gasteiger partial charge is 0.508 e. The van der Waals surface area contributed by atoms with Crippen molar-refractivity contribution in [2.24, 2.45) is 0 Å². The molecule has 1 aliphatic heterocycles. The normalized spacial score (nSPS) is 15.7. The number of hydrogen-bond acceptors (Lipinski definition) is 3. The lowest BCUT2D eigenvalue weighted by molar-refractivity contribution is 0.211. The van der Waals surface area contributed by atoms with Gasteiger partial charge in [0.05, 0.1) is 0 Å². The Kier molecular flexibility index (Phi) is 3.49. The minimum Gasteiger partial charge on any atom is -0.508 e. The molecule has 0 aromatic heterocycles. The summed E-state index contributed by atoms with van der Waals surface area (Å²) < 4.78 is 0. The highest BCUT2D eigenvalue weighted by Gasteiger charge is 2.28. The molecule has 2 N–H and O–H groups in total. The van der Waals surface area contributed by atoms with Gasteiger partial charge < -0.3 is 15.1 Å². The van der Waals surface area contributed by atoms with Gasteiger partial charge in [-0.3, -0.25) is 4.90 Å². The summed E-state index contributed by atoms with van der Waals surface area (Å²) in [6, 6.07) is 6.55. The summed E-state index contributed by atoms with van der Waals surface area (Å²) in [4.78, 5) is 15.4. The van der Waals surface area contributed by atoms with Gasteiger partial charge in [-0.15, -0.1) is 0 Å². The zero-order valence-electron chi connectivity index (χ0n) is 9.54. The summed E-state index contributed by atoms with van der Waals surface area (Å²) in [6.45, 7) is 2.02. The predicted octanol–water partition coefficient (Wildman–Crippen LogP) is 1.02. The summed E-state index contributed by atoms with van der Waals surface area (Å²) in [6.07, 6.45) is 0.606. The number of carbonyl (C=O) groups excluding carboxylic acids is 1. The quantitative estimate of drug-likeness (QED) is 0.820. The van der Waals surface area contributed by atoms with Crippen molar-refractivity contribution in [1.82, 2.24) is 4.90 Å². The number of hydrogen-bond donors (Lipinski definition) is 2. The van der Waals surface area contributed by atoms with Gasteiger partial charge in [0.2, 0.25) is 0 Å². The molecule has 1 heterocycles. The lowest BCUT2D eigenvalue weighted by atomic mass is 10.3. The average Bonchev–Trinajstić information content (AvgIpc) is 2.69. The molecule has 1 aromatic carbocycles. The Morgan fingerprint density at radius 3 is 2.53 bits per heavy atom. The summed E-state index contributed by atoms with van der Waals surface area (Å²) in [5.74, 6) is 0.192. The second-order valence-corrected chi connectivity index (χ2v) is 4.01. The lowest BCUT2D eigenvalue weighted by Gasteiger charge is -2.18. The SMILES string of the molecule is O=C1N(CCCO)CCN1c1ccc(O)cc1. The molecule has 0 radical (unpaired) electrons. The van der Waals surface area contributed by atoms with Crippen LogP contribution in [0.25, 0.3) is 0 Å². The topological polar surface area (TPSA) is 64.0 Å². The molecule has 0 aliphatic carbocycles. The highest BCUT2D eigenvalue weighted by molar-refractivity contribution is 5.94. The first-order chi connectivity index (χ1) is 8.22. The first kappa shape index (κ1) is 11.7. The molecule has 17 heavy (non-hydrogen) atoms. The van der Waals surface area contributed by atoms with E-state index in [9.17, 15) is 9.90 Å². The zero-order valence-corrected chi connectivity index (χ0v) is 9.54. The molecule has 1 aliphatic rings. The van der Waals surface area contributed by atoms with Gasteiger partial charge in [-0.05, 0) is 30.7 Å². The second-order valence-electron chi connectivity index (χ2n) is 4.01. The number of carbonyl (C=O) groups is 1. The van der Waals surface area contributed by atoms with Crippen molar-refractivity contribution in [2.45, 2.75) is 6.42 Å². The van der Waals surface area contributed by atoms with Gasteiger partial charge in [0.15, 0.2) is 0 Å². The van der Waals surface area contributed by atoms with Crippen LogP contribution < -0.4 is 4.90 Å². The van der Waals surface area contributed by atoms with Crippen LogP contribution in [0.5, 0.6) is 5.75 Å². The molecule has 5 nitrogen and oxygen atoms in total. The first-order valence-electron chi connectivity index (χ1n) is 5.68. The molecule has 92 valence electrons. The number of aliphatic hydroxyl groups is 1. The Labute approximate surface area is 99.9 Å². The van der Waals surface area contributed by atoms with Gasteiger partial charge in [0.25, 0.3) is 0 Å². The Balaban J connectivity index is 2.04. The predicted molar refractivity (Wildman–Crippen MR) is 64.1 cm³/mol. The van der Waals surface area contributed by atoms with E-state index in [1.165, 1.54) is 0 Å². The van der Waals surface area contributed by atoms with Crippen molar-refractivity contribution in [3.05, 3.63) is 24.3 Å². The summed E-state index contributed by atoms with van der Waals surface area (Å²) in [5, 5.41) is 17.9. The van der Waals surface area contributed by atoms with Crippen molar-refractivity contribution >= 4 is 11.7 Å². The zero-order chi connectivity index (χ0) is 12.3. The number of amides is 2. The smallest absolute Gasteiger partial charge is 0.324 e. The molecule has 2 amide bonds. The molecule has 1 aromatic rings. The third-order valence-electron chi connectivity index (χ3n) is 2.84. The molecule has 0 saturated carbocycles. The Bertz CT molecular complexity index is 391. The molecule has 2 rings (SSSR count). The molecule has 0 unspecified atom stereocenters. The summed E-state index contributed by atoms with van der Waals surface area (Å²) >= 11 is 0. The highest BCUT2D eigenvalue weighted by Crippen LogP contribution is 2.22. The van der Waals surface area contributed by atoms with Crippen LogP contribution in [-0.2, 0) is 0 Å². The molecule has 1 fully saturated rings. The number of rotatable bonds is 4. The summed E-state index contributed by atoms with van der Waals surface area (Å²) in [5.41, 5.74) is 0.791. The number of benzene rings is 1. The molecule has 0 atom stereocenters. The molecule has 0 bridgehead atoms. The minimum absolute atomic E-state index is 0.0378. The van der Waals surface area contributed by atoms with E-state index in [0.717, 1.165) is 5.69 Å². The maximum atomic E-state index is 12.0. The van der Waals surface area contributed by atoms with Crippen molar-refractivity contribution in [3.8, 4) is 5.75 Å². The molecular formula is C12H16N2O3. The summed E-state index contributed by atoms with van der Waals surface area (Å²) in [7, 11) is 0. The van der Waals surface area contributed by atoms with Gasteiger partial charge in [-0.2, -0.15) is 0 Å². The first-order valence-corrected chi connectivity index (χ1v) is 5.68. The number of nitrogens with zero attached hydrogens (tertiary/aromatic N) is 2. The fraction of sp³-hybridized carbons (Fsp3) is 0.417. The minimum atomic E-state index is -0.0378. The van der Waals surface area contributed by atoms with E-state index >= 15 is 0 Å². The van der Waals surface area contributed by atoms with Gasteiger partial charge in [-0.1, -0.05) is 0 Å². The maximum Gasteiger partial charge on any atom is 0.324 e. The van der Waals surface area contributed by atoms with Gasteiger partial charge >= 0.3 is 6.03 Å². The van der Waals surface area contributed by atoms with Crippen LogP contribution in [0, 0.1) is 0 Å². The van der Waals surface area contributed by atoms with Crippen LogP contribution in [0.1, 0.15) is 6.42 Å². The number of aliphatic hydroxyl groups excluding tert-OH is 1. The van der Waals surface area contributed by atoms with Crippen LogP contribution >= 0.6 is 0 Å². The number of aromatic hydroxyl groups is 1. The fourth-order valence-electron chi connectivity index (χ4n) is 1.92. The van der Waals surface area contributed by atoms with Crippen molar-refractivity contribution in [2.75, 3.05) is 31.1 Å². The number of urea groups is 1. The Morgan fingerprint density at radius 1 is 1.18 bits per heavy atom. The molecular weight excluding hydrogens is 220 g/mol. The van der Waals surface area contributed by atoms with Gasteiger partial charge in [-0.25, -0.2) is 4.79 Å². The fourth-order valence-corrected chi connectivity index (χ4v) is 1.92. The van der Waals surface area contributed by atoms with Crippen molar-refractivity contribution in [1.29, 1.82) is 0 Å². The van der Waals surface area contributed by atoms with Crippen LogP contribution in [0.3, 0.4) is 0 Å². The van der Waals surface area contributed by atoms with Crippen LogP contribution in [0.15, 0.2) is 24.3 Å². The van der Waals surface area contributed by atoms with E-state index in [-0.39, 0.29) is 18.4 Å². The van der Waals surface area contributed by atoms with Gasteiger partial charge in [0.1, 0.15) is 5.75 Å². The van der Waals surface area contributed by atoms with E-state index in [1.54, 1.807) is 34.1 Å². The number of anilines is 1. The van der Waals surface area contributed by atoms with E-state index in [0.29, 0.717) is 26.1 Å². The van der Waals surface area contributed by atoms with E-state index < -0.39 is 0 Å². The Hall–Kier alpha value is -1.75. The monoisotopic (exact) mass is 236 g/mol. The maximum absolute atomic E-state index is 12.0. The Morgan fingerprint density at radius 2 is 1.88 bits per heavy atom. The number of phenolic OH excluding ortho intramolecular Hbond substituents is 1. The second kappa shape index (κ2) is 5.05. The van der Waals surface area contributed by atoms with Crippen molar-refractivity contribution in [3.63, 3.8) is 0 Å². The van der Waals surface area contributed by atoms with E-state index in [1.807, 2.05) is 0 Å². The third kappa shape index (κ3) is 2.50.